The predicted octanol–water partition coefficient (Wildman–Crippen LogP) is 4.33. The summed E-state index contributed by atoms with van der Waals surface area (Å²) in [6.45, 7) is 0. The van der Waals surface area contributed by atoms with Gasteiger partial charge in [-0.1, -0.05) is 24.3 Å². The number of aromatic nitrogens is 1. The molecule has 2 nitrogen and oxygen atoms in total. The summed E-state index contributed by atoms with van der Waals surface area (Å²) in [6.07, 6.45) is 5.44. The number of anilines is 1. The SMILES string of the molecule is Brc1ccc(NC2CCCc3ccccc32)nc1. The van der Waals surface area contributed by atoms with Gasteiger partial charge in [0, 0.05) is 10.7 Å². The number of pyridine rings is 1. The van der Waals surface area contributed by atoms with E-state index in [1.165, 1.54) is 30.4 Å². The van der Waals surface area contributed by atoms with Crippen molar-refractivity contribution in [3.63, 3.8) is 0 Å². The van der Waals surface area contributed by atoms with E-state index >= 15 is 0 Å². The van der Waals surface area contributed by atoms with Gasteiger partial charge in [-0.2, -0.15) is 0 Å². The molecule has 0 amide bonds. The normalized spacial score (nSPS) is 18.2. The van der Waals surface area contributed by atoms with Crippen molar-refractivity contribution < 1.29 is 0 Å². The van der Waals surface area contributed by atoms with Crippen LogP contribution in [0, 0.1) is 0 Å². The van der Waals surface area contributed by atoms with Crippen LogP contribution in [0.5, 0.6) is 0 Å². The number of nitrogens with zero attached hydrogens (tertiary/aromatic N) is 1. The third-order valence-electron chi connectivity index (χ3n) is 3.42. The van der Waals surface area contributed by atoms with Gasteiger partial charge in [-0.15, -0.1) is 0 Å². The van der Waals surface area contributed by atoms with Crippen molar-refractivity contribution in [1.29, 1.82) is 0 Å². The third kappa shape index (κ3) is 2.41. The molecule has 0 saturated carbocycles. The number of nitrogens with one attached hydrogen (secondary N) is 1. The van der Waals surface area contributed by atoms with Crippen molar-refractivity contribution in [3.05, 3.63) is 58.2 Å². The minimum absolute atomic E-state index is 0.392. The molecule has 1 atom stereocenters. The first kappa shape index (κ1) is 11.7. The summed E-state index contributed by atoms with van der Waals surface area (Å²) in [5, 5.41) is 3.53. The maximum Gasteiger partial charge on any atom is 0.126 e. The van der Waals surface area contributed by atoms with Crippen molar-refractivity contribution in [1.82, 2.24) is 4.98 Å². The highest BCUT2D eigenvalue weighted by Gasteiger charge is 2.19. The number of hydrogen-bond donors (Lipinski definition) is 1. The molecule has 1 heterocycles. The number of rotatable bonds is 2. The molecule has 0 fully saturated rings. The van der Waals surface area contributed by atoms with Crippen LogP contribution in [0.3, 0.4) is 0 Å². The second-order valence-corrected chi connectivity index (χ2v) is 5.57. The second-order valence-electron chi connectivity index (χ2n) is 4.65. The Kier molecular flexibility index (Phi) is 3.33. The number of aryl methyl sites for hydroxylation is 1. The first-order chi connectivity index (χ1) is 8.83. The molecule has 1 aliphatic rings. The summed E-state index contributed by atoms with van der Waals surface area (Å²) < 4.78 is 1.01. The Bertz CT molecular complexity index is 536. The molecular weight excluding hydrogens is 288 g/mol. The summed E-state index contributed by atoms with van der Waals surface area (Å²) >= 11 is 3.41. The average Bonchev–Trinajstić information content (AvgIpc) is 2.42. The molecule has 0 spiro atoms. The first-order valence-electron chi connectivity index (χ1n) is 6.29. The number of benzene rings is 1. The lowest BCUT2D eigenvalue weighted by molar-refractivity contribution is 0.598. The Labute approximate surface area is 116 Å². The van der Waals surface area contributed by atoms with E-state index in [-0.39, 0.29) is 0 Å². The molecule has 1 aromatic heterocycles. The number of halogens is 1. The minimum Gasteiger partial charge on any atom is -0.363 e. The Balaban J connectivity index is 1.84. The molecule has 1 aliphatic carbocycles. The van der Waals surface area contributed by atoms with Gasteiger partial charge in [0.2, 0.25) is 0 Å². The van der Waals surface area contributed by atoms with Gasteiger partial charge in [0.1, 0.15) is 5.82 Å². The Morgan fingerprint density at radius 3 is 2.89 bits per heavy atom. The fourth-order valence-corrected chi connectivity index (χ4v) is 2.78. The first-order valence-corrected chi connectivity index (χ1v) is 7.08. The topological polar surface area (TPSA) is 24.9 Å². The van der Waals surface area contributed by atoms with Crippen molar-refractivity contribution in [2.75, 3.05) is 5.32 Å². The molecule has 92 valence electrons. The molecule has 0 radical (unpaired) electrons. The van der Waals surface area contributed by atoms with E-state index in [0.29, 0.717) is 6.04 Å². The summed E-state index contributed by atoms with van der Waals surface area (Å²) in [7, 11) is 0. The van der Waals surface area contributed by atoms with Gasteiger partial charge in [0.25, 0.3) is 0 Å². The summed E-state index contributed by atoms with van der Waals surface area (Å²) in [5.74, 6) is 0.944. The van der Waals surface area contributed by atoms with Crippen LogP contribution in [0.1, 0.15) is 30.0 Å². The highest BCUT2D eigenvalue weighted by Crippen LogP contribution is 2.31. The van der Waals surface area contributed by atoms with Crippen LogP contribution >= 0.6 is 15.9 Å². The van der Waals surface area contributed by atoms with E-state index in [4.69, 9.17) is 0 Å². The molecule has 0 bridgehead atoms. The molecule has 3 heteroatoms. The highest BCUT2D eigenvalue weighted by molar-refractivity contribution is 9.10. The predicted molar refractivity (Wildman–Crippen MR) is 77.7 cm³/mol. The van der Waals surface area contributed by atoms with Crippen molar-refractivity contribution in [2.24, 2.45) is 0 Å². The molecule has 3 rings (SSSR count). The van der Waals surface area contributed by atoms with Gasteiger partial charge in [0.15, 0.2) is 0 Å². The maximum absolute atomic E-state index is 4.39. The maximum atomic E-state index is 4.39. The lowest BCUT2D eigenvalue weighted by Gasteiger charge is -2.26. The van der Waals surface area contributed by atoms with Crippen LogP contribution < -0.4 is 5.32 Å². The van der Waals surface area contributed by atoms with Crippen LogP contribution in [0.4, 0.5) is 5.82 Å². The van der Waals surface area contributed by atoms with Gasteiger partial charge in [-0.05, 0) is 58.5 Å². The monoisotopic (exact) mass is 302 g/mol. The molecule has 1 unspecified atom stereocenters. The van der Waals surface area contributed by atoms with E-state index < -0.39 is 0 Å². The second kappa shape index (κ2) is 5.11. The van der Waals surface area contributed by atoms with E-state index in [0.717, 1.165) is 10.3 Å². The quantitative estimate of drug-likeness (QED) is 0.893. The van der Waals surface area contributed by atoms with E-state index in [1.807, 2.05) is 18.3 Å². The van der Waals surface area contributed by atoms with Crippen molar-refractivity contribution in [3.8, 4) is 0 Å². The largest absolute Gasteiger partial charge is 0.363 e. The lowest BCUT2D eigenvalue weighted by atomic mass is 9.88. The van der Waals surface area contributed by atoms with Gasteiger partial charge in [0.05, 0.1) is 6.04 Å². The van der Waals surface area contributed by atoms with Crippen LogP contribution in [-0.4, -0.2) is 4.98 Å². The summed E-state index contributed by atoms with van der Waals surface area (Å²) in [4.78, 5) is 4.39. The van der Waals surface area contributed by atoms with Crippen LogP contribution in [-0.2, 0) is 6.42 Å². The third-order valence-corrected chi connectivity index (χ3v) is 3.89. The van der Waals surface area contributed by atoms with Crippen molar-refractivity contribution in [2.45, 2.75) is 25.3 Å². The summed E-state index contributed by atoms with van der Waals surface area (Å²) in [6, 6.07) is 13.1. The Hall–Kier alpha value is -1.35. The van der Waals surface area contributed by atoms with Gasteiger partial charge in [-0.25, -0.2) is 4.98 Å². The number of hydrogen-bond acceptors (Lipinski definition) is 2. The molecule has 2 aromatic rings. The average molecular weight is 303 g/mol. The van der Waals surface area contributed by atoms with E-state index in [2.05, 4.69) is 50.5 Å². The van der Waals surface area contributed by atoms with Gasteiger partial charge >= 0.3 is 0 Å². The van der Waals surface area contributed by atoms with Gasteiger partial charge < -0.3 is 5.32 Å². The van der Waals surface area contributed by atoms with E-state index in [9.17, 15) is 0 Å². The zero-order valence-corrected chi connectivity index (χ0v) is 11.7. The smallest absolute Gasteiger partial charge is 0.126 e. The standard InChI is InChI=1S/C15H15BrN2/c16-12-8-9-15(17-10-12)18-14-7-3-5-11-4-1-2-6-13(11)14/h1-2,4,6,8-10,14H,3,5,7H2,(H,17,18). The zero-order valence-electron chi connectivity index (χ0n) is 10.1. The van der Waals surface area contributed by atoms with E-state index in [1.54, 1.807) is 0 Å². The fraction of sp³-hybridized carbons (Fsp3) is 0.267. The lowest BCUT2D eigenvalue weighted by Crippen LogP contribution is -2.17. The zero-order chi connectivity index (χ0) is 12.4. The number of fused-ring (bicyclic) bond motifs is 1. The fourth-order valence-electron chi connectivity index (χ4n) is 2.54. The van der Waals surface area contributed by atoms with Crippen LogP contribution in [0.2, 0.25) is 0 Å². The van der Waals surface area contributed by atoms with Crippen molar-refractivity contribution >= 4 is 21.7 Å². The van der Waals surface area contributed by atoms with Crippen LogP contribution in [0.15, 0.2) is 47.1 Å². The molecule has 0 aliphatic heterocycles. The van der Waals surface area contributed by atoms with Crippen LogP contribution in [0.25, 0.3) is 0 Å². The molecule has 1 aromatic carbocycles. The van der Waals surface area contributed by atoms with Gasteiger partial charge in [-0.3, -0.25) is 0 Å². The molecular formula is C15H15BrN2. The Morgan fingerprint density at radius 2 is 2.06 bits per heavy atom. The molecule has 1 N–H and O–H groups in total. The Morgan fingerprint density at radius 1 is 1.17 bits per heavy atom. The highest BCUT2D eigenvalue weighted by atomic mass is 79.9. The summed E-state index contributed by atoms with van der Waals surface area (Å²) in [5.41, 5.74) is 2.90. The molecule has 18 heavy (non-hydrogen) atoms. The molecule has 0 saturated heterocycles. The minimum atomic E-state index is 0.392.